The highest BCUT2D eigenvalue weighted by Crippen LogP contribution is 2.39. The molecule has 1 saturated heterocycles. The van der Waals surface area contributed by atoms with E-state index in [4.69, 9.17) is 0 Å². The average Bonchev–Trinajstić information content (AvgIpc) is 3.02. The highest BCUT2D eigenvalue weighted by atomic mass is 16.3. The van der Waals surface area contributed by atoms with Gasteiger partial charge in [-0.2, -0.15) is 0 Å². The molecule has 3 N–H and O–H groups in total. The number of aliphatic hydroxyl groups is 1. The minimum absolute atomic E-state index is 0.330. The molecular formula is C23H26N2O3. The van der Waals surface area contributed by atoms with Gasteiger partial charge >= 0.3 is 6.03 Å². The van der Waals surface area contributed by atoms with Crippen LogP contribution < -0.4 is 10.6 Å². The summed E-state index contributed by atoms with van der Waals surface area (Å²) < 4.78 is 0. The molecule has 2 atom stereocenters. The molecule has 5 heteroatoms. The van der Waals surface area contributed by atoms with E-state index in [1.54, 1.807) is 0 Å². The number of imide groups is 1. The van der Waals surface area contributed by atoms with Crippen LogP contribution in [-0.2, 0) is 4.79 Å². The Hall–Kier alpha value is -2.66. The predicted octanol–water partition coefficient (Wildman–Crippen LogP) is 3.94. The molecule has 1 aliphatic carbocycles. The Morgan fingerprint density at radius 3 is 2.18 bits per heavy atom. The Morgan fingerprint density at radius 1 is 0.929 bits per heavy atom. The largest absolute Gasteiger partial charge is 0.385 e. The molecule has 2 aliphatic rings. The van der Waals surface area contributed by atoms with Crippen LogP contribution in [0.25, 0.3) is 11.1 Å². The average molecular weight is 378 g/mol. The summed E-state index contributed by atoms with van der Waals surface area (Å²) in [5.74, 6) is -0.0983. The SMILES string of the molecule is O=C1NC(=O)C(CC2CCCCC2)(C(O)c2ccc(-c3ccccc3)cc2)N1. The Bertz CT molecular complexity index is 844. The molecule has 1 saturated carbocycles. The van der Waals surface area contributed by atoms with Gasteiger partial charge < -0.3 is 10.4 Å². The second-order valence-electron chi connectivity index (χ2n) is 7.98. The maximum absolute atomic E-state index is 12.7. The molecule has 1 heterocycles. The zero-order valence-corrected chi connectivity index (χ0v) is 15.9. The number of aliphatic hydroxyl groups excluding tert-OH is 1. The summed E-state index contributed by atoms with van der Waals surface area (Å²) in [4.78, 5) is 24.7. The van der Waals surface area contributed by atoms with Crippen LogP contribution in [0.2, 0.25) is 0 Å². The van der Waals surface area contributed by atoms with Crippen LogP contribution in [-0.4, -0.2) is 22.6 Å². The van der Waals surface area contributed by atoms with Gasteiger partial charge in [0.15, 0.2) is 5.54 Å². The summed E-state index contributed by atoms with van der Waals surface area (Å²) >= 11 is 0. The third-order valence-corrected chi connectivity index (χ3v) is 6.10. The standard InChI is InChI=1S/C23H26N2O3/c26-20(19-13-11-18(12-14-19)17-9-5-2-6-10-17)23(21(27)24-22(28)25-23)15-16-7-3-1-4-8-16/h2,5-6,9-14,16,20,26H,1,3-4,7-8,15H2,(H2,24,25,27,28). The van der Waals surface area contributed by atoms with E-state index in [-0.39, 0.29) is 0 Å². The van der Waals surface area contributed by atoms with E-state index < -0.39 is 23.6 Å². The molecule has 0 aromatic heterocycles. The van der Waals surface area contributed by atoms with E-state index in [1.165, 1.54) is 6.42 Å². The summed E-state index contributed by atoms with van der Waals surface area (Å²) in [5, 5.41) is 16.3. The molecule has 146 valence electrons. The molecule has 3 amide bonds. The maximum Gasteiger partial charge on any atom is 0.322 e. The van der Waals surface area contributed by atoms with Crippen LogP contribution in [0.5, 0.6) is 0 Å². The maximum atomic E-state index is 12.7. The van der Waals surface area contributed by atoms with Crippen molar-refractivity contribution in [2.24, 2.45) is 5.92 Å². The quantitative estimate of drug-likeness (QED) is 0.690. The van der Waals surface area contributed by atoms with Crippen molar-refractivity contribution >= 4 is 11.9 Å². The third-order valence-electron chi connectivity index (χ3n) is 6.10. The van der Waals surface area contributed by atoms with Crippen molar-refractivity contribution in [3.8, 4) is 11.1 Å². The Labute approximate surface area is 165 Å². The Kier molecular flexibility index (Phi) is 5.18. The smallest absolute Gasteiger partial charge is 0.322 e. The zero-order valence-electron chi connectivity index (χ0n) is 15.9. The van der Waals surface area contributed by atoms with Gasteiger partial charge in [-0.15, -0.1) is 0 Å². The number of carbonyl (C=O) groups excluding carboxylic acids is 2. The Balaban J connectivity index is 1.61. The fourth-order valence-corrected chi connectivity index (χ4v) is 4.57. The van der Waals surface area contributed by atoms with Crippen molar-refractivity contribution in [2.75, 3.05) is 0 Å². The molecule has 2 unspecified atom stereocenters. The van der Waals surface area contributed by atoms with E-state index in [0.717, 1.165) is 36.8 Å². The first-order chi connectivity index (χ1) is 13.6. The first-order valence-electron chi connectivity index (χ1n) is 10.1. The van der Waals surface area contributed by atoms with E-state index in [0.29, 0.717) is 17.9 Å². The first kappa shape index (κ1) is 18.7. The van der Waals surface area contributed by atoms with Gasteiger partial charge in [-0.25, -0.2) is 4.79 Å². The van der Waals surface area contributed by atoms with Gasteiger partial charge in [0, 0.05) is 0 Å². The van der Waals surface area contributed by atoms with Crippen LogP contribution >= 0.6 is 0 Å². The van der Waals surface area contributed by atoms with Crippen LogP contribution in [0, 0.1) is 5.92 Å². The summed E-state index contributed by atoms with van der Waals surface area (Å²) in [5.41, 5.74) is 1.46. The van der Waals surface area contributed by atoms with Crippen molar-refractivity contribution < 1.29 is 14.7 Å². The van der Waals surface area contributed by atoms with Crippen LogP contribution in [0.15, 0.2) is 54.6 Å². The highest BCUT2D eigenvalue weighted by Gasteiger charge is 2.53. The fourth-order valence-electron chi connectivity index (χ4n) is 4.57. The molecule has 0 spiro atoms. The van der Waals surface area contributed by atoms with Crippen molar-refractivity contribution in [1.29, 1.82) is 0 Å². The number of hydrogen-bond donors (Lipinski definition) is 3. The molecule has 0 radical (unpaired) electrons. The lowest BCUT2D eigenvalue weighted by Gasteiger charge is -2.36. The van der Waals surface area contributed by atoms with Gasteiger partial charge in [-0.3, -0.25) is 10.1 Å². The number of nitrogens with one attached hydrogen (secondary N) is 2. The van der Waals surface area contributed by atoms with Gasteiger partial charge in [0.2, 0.25) is 0 Å². The number of rotatable bonds is 5. The number of urea groups is 1. The van der Waals surface area contributed by atoms with Gasteiger partial charge in [-0.1, -0.05) is 86.7 Å². The molecule has 2 fully saturated rings. The van der Waals surface area contributed by atoms with E-state index in [2.05, 4.69) is 10.6 Å². The van der Waals surface area contributed by atoms with Crippen LogP contribution in [0.4, 0.5) is 4.79 Å². The second kappa shape index (κ2) is 7.76. The van der Waals surface area contributed by atoms with Crippen molar-refractivity contribution in [2.45, 2.75) is 50.2 Å². The molecule has 5 nitrogen and oxygen atoms in total. The fraction of sp³-hybridized carbons (Fsp3) is 0.391. The van der Waals surface area contributed by atoms with E-state index in [1.807, 2.05) is 54.6 Å². The highest BCUT2D eigenvalue weighted by molar-refractivity contribution is 6.07. The van der Waals surface area contributed by atoms with Crippen LogP contribution in [0.3, 0.4) is 0 Å². The molecular weight excluding hydrogens is 352 g/mol. The molecule has 28 heavy (non-hydrogen) atoms. The molecule has 2 aromatic carbocycles. The molecule has 0 bridgehead atoms. The minimum Gasteiger partial charge on any atom is -0.385 e. The van der Waals surface area contributed by atoms with E-state index in [9.17, 15) is 14.7 Å². The molecule has 2 aromatic rings. The topological polar surface area (TPSA) is 78.4 Å². The lowest BCUT2D eigenvalue weighted by atomic mass is 9.75. The lowest BCUT2D eigenvalue weighted by molar-refractivity contribution is -0.129. The summed E-state index contributed by atoms with van der Waals surface area (Å²) in [7, 11) is 0. The number of hydrogen-bond acceptors (Lipinski definition) is 3. The van der Waals surface area contributed by atoms with Gasteiger partial charge in [-0.05, 0) is 29.0 Å². The minimum atomic E-state index is -1.30. The second-order valence-corrected chi connectivity index (χ2v) is 7.98. The molecule has 1 aliphatic heterocycles. The summed E-state index contributed by atoms with van der Waals surface area (Å²) in [6.07, 6.45) is 4.93. The normalized spacial score (nSPS) is 23.9. The Morgan fingerprint density at radius 2 is 1.57 bits per heavy atom. The van der Waals surface area contributed by atoms with Crippen molar-refractivity contribution in [3.63, 3.8) is 0 Å². The van der Waals surface area contributed by atoms with Crippen molar-refractivity contribution in [3.05, 3.63) is 60.2 Å². The number of benzene rings is 2. The van der Waals surface area contributed by atoms with E-state index >= 15 is 0 Å². The van der Waals surface area contributed by atoms with Crippen LogP contribution in [0.1, 0.15) is 50.2 Å². The summed E-state index contributed by atoms with van der Waals surface area (Å²) in [6, 6.07) is 17.0. The zero-order chi connectivity index (χ0) is 19.6. The third kappa shape index (κ3) is 3.54. The number of carbonyl (C=O) groups is 2. The monoisotopic (exact) mass is 378 g/mol. The van der Waals surface area contributed by atoms with Gasteiger partial charge in [0.25, 0.3) is 5.91 Å². The lowest BCUT2D eigenvalue weighted by Crippen LogP contribution is -2.53. The predicted molar refractivity (Wildman–Crippen MR) is 107 cm³/mol. The summed E-state index contributed by atoms with van der Waals surface area (Å²) in [6.45, 7) is 0. The first-order valence-corrected chi connectivity index (χ1v) is 10.1. The van der Waals surface area contributed by atoms with Crippen molar-refractivity contribution in [1.82, 2.24) is 10.6 Å². The molecule has 4 rings (SSSR count). The van der Waals surface area contributed by atoms with Gasteiger partial charge in [0.05, 0.1) is 0 Å². The van der Waals surface area contributed by atoms with Gasteiger partial charge in [0.1, 0.15) is 6.10 Å². The number of amides is 3.